The van der Waals surface area contributed by atoms with Crippen LogP contribution in [0.5, 0.6) is 5.75 Å². The zero-order chi connectivity index (χ0) is 15.2. The lowest BCUT2D eigenvalue weighted by molar-refractivity contribution is 0.251. The van der Waals surface area contributed by atoms with Crippen LogP contribution in [0.4, 0.5) is 10.5 Å². The first-order valence-electron chi connectivity index (χ1n) is 6.21. The van der Waals surface area contributed by atoms with Crippen LogP contribution >= 0.6 is 23.2 Å². The van der Waals surface area contributed by atoms with Gasteiger partial charge in [0, 0.05) is 28.3 Å². The number of amides is 2. The first kappa shape index (κ1) is 15.5. The minimum atomic E-state index is -0.325. The molecule has 0 aliphatic carbocycles. The third-order valence-corrected chi connectivity index (χ3v) is 3.37. The highest BCUT2D eigenvalue weighted by Gasteiger charge is 2.05. The minimum Gasteiger partial charge on any atom is -0.497 e. The zero-order valence-electron chi connectivity index (χ0n) is 11.3. The molecule has 0 radical (unpaired) electrons. The van der Waals surface area contributed by atoms with Crippen molar-refractivity contribution in [1.29, 1.82) is 0 Å². The number of nitrogens with one attached hydrogen (secondary N) is 2. The summed E-state index contributed by atoms with van der Waals surface area (Å²) < 4.78 is 5.09. The summed E-state index contributed by atoms with van der Waals surface area (Å²) in [6.45, 7) is 0.311. The maximum absolute atomic E-state index is 11.8. The Bertz CT molecular complexity index is 647. The van der Waals surface area contributed by atoms with Crippen LogP contribution in [0.1, 0.15) is 5.56 Å². The number of methoxy groups -OCH3 is 1. The zero-order valence-corrected chi connectivity index (χ0v) is 12.8. The second-order valence-corrected chi connectivity index (χ2v) is 5.12. The van der Waals surface area contributed by atoms with Gasteiger partial charge in [-0.25, -0.2) is 4.79 Å². The molecule has 2 rings (SSSR count). The summed E-state index contributed by atoms with van der Waals surface area (Å²) in [6, 6.07) is 11.9. The second kappa shape index (κ2) is 7.20. The van der Waals surface area contributed by atoms with E-state index in [1.54, 1.807) is 49.6 Å². The fourth-order valence-corrected chi connectivity index (χ4v) is 2.19. The topological polar surface area (TPSA) is 50.4 Å². The van der Waals surface area contributed by atoms with Crippen LogP contribution in [0.15, 0.2) is 42.5 Å². The molecule has 4 nitrogen and oxygen atoms in total. The van der Waals surface area contributed by atoms with Gasteiger partial charge in [0.05, 0.1) is 7.11 Å². The number of halogens is 2. The van der Waals surface area contributed by atoms with Gasteiger partial charge in [0.15, 0.2) is 0 Å². The number of hydrogen-bond acceptors (Lipinski definition) is 2. The number of carbonyl (C=O) groups is 1. The van der Waals surface area contributed by atoms with E-state index < -0.39 is 0 Å². The number of carbonyl (C=O) groups excluding carboxylic acids is 1. The largest absolute Gasteiger partial charge is 0.497 e. The quantitative estimate of drug-likeness (QED) is 0.879. The normalized spacial score (nSPS) is 10.0. The van der Waals surface area contributed by atoms with Crippen molar-refractivity contribution in [3.63, 3.8) is 0 Å². The van der Waals surface area contributed by atoms with E-state index in [1.165, 1.54) is 0 Å². The molecule has 0 heterocycles. The Hall–Kier alpha value is -1.91. The molecule has 0 atom stereocenters. The molecule has 0 aliphatic rings. The molecule has 0 saturated heterocycles. The Kier molecular flexibility index (Phi) is 5.31. The van der Waals surface area contributed by atoms with Gasteiger partial charge in [-0.05, 0) is 29.8 Å². The molecule has 2 amide bonds. The van der Waals surface area contributed by atoms with E-state index in [4.69, 9.17) is 27.9 Å². The minimum absolute atomic E-state index is 0.311. The molecule has 0 spiro atoms. The van der Waals surface area contributed by atoms with Crippen LogP contribution in [0.25, 0.3) is 0 Å². The molecule has 2 N–H and O–H groups in total. The smallest absolute Gasteiger partial charge is 0.319 e. The highest BCUT2D eigenvalue weighted by molar-refractivity contribution is 6.35. The van der Waals surface area contributed by atoms with Crippen molar-refractivity contribution < 1.29 is 9.53 Å². The maximum Gasteiger partial charge on any atom is 0.319 e. The molecule has 0 unspecified atom stereocenters. The molecule has 6 heteroatoms. The number of anilines is 1. The van der Waals surface area contributed by atoms with Gasteiger partial charge in [0.1, 0.15) is 5.75 Å². The molecule has 0 aromatic heterocycles. The van der Waals surface area contributed by atoms with Gasteiger partial charge >= 0.3 is 6.03 Å². The Morgan fingerprint density at radius 3 is 2.71 bits per heavy atom. The summed E-state index contributed by atoms with van der Waals surface area (Å²) in [4.78, 5) is 11.8. The van der Waals surface area contributed by atoms with Gasteiger partial charge in [-0.2, -0.15) is 0 Å². The monoisotopic (exact) mass is 324 g/mol. The van der Waals surface area contributed by atoms with Gasteiger partial charge in [-0.15, -0.1) is 0 Å². The lowest BCUT2D eigenvalue weighted by Gasteiger charge is -2.10. The second-order valence-electron chi connectivity index (χ2n) is 4.28. The number of benzene rings is 2. The van der Waals surface area contributed by atoms with Crippen LogP contribution in [0, 0.1) is 0 Å². The molecule has 0 saturated carbocycles. The number of ether oxygens (including phenoxy) is 1. The summed E-state index contributed by atoms with van der Waals surface area (Å²) in [5, 5.41) is 6.52. The molecule has 0 bridgehead atoms. The van der Waals surface area contributed by atoms with Gasteiger partial charge in [0.25, 0.3) is 0 Å². The van der Waals surface area contributed by atoms with E-state index in [-0.39, 0.29) is 6.03 Å². The average Bonchev–Trinajstić information content (AvgIpc) is 2.46. The van der Waals surface area contributed by atoms with E-state index in [0.717, 1.165) is 5.56 Å². The van der Waals surface area contributed by atoms with Crippen molar-refractivity contribution in [2.75, 3.05) is 12.4 Å². The first-order chi connectivity index (χ1) is 10.1. The third kappa shape index (κ3) is 4.55. The Balaban J connectivity index is 1.92. The number of urea groups is 1. The van der Waals surface area contributed by atoms with Crippen LogP contribution in [-0.4, -0.2) is 13.1 Å². The SMILES string of the molecule is COc1cccc(NC(=O)NCc2ccc(Cl)cc2Cl)c1. The van der Waals surface area contributed by atoms with Crippen molar-refractivity contribution in [1.82, 2.24) is 5.32 Å². The Labute approximate surface area is 133 Å². The lowest BCUT2D eigenvalue weighted by Crippen LogP contribution is -2.28. The van der Waals surface area contributed by atoms with E-state index in [1.807, 2.05) is 0 Å². The highest BCUT2D eigenvalue weighted by Crippen LogP contribution is 2.21. The van der Waals surface area contributed by atoms with Crippen LogP contribution in [-0.2, 0) is 6.54 Å². The highest BCUT2D eigenvalue weighted by atomic mass is 35.5. The van der Waals surface area contributed by atoms with Crippen molar-refractivity contribution in [3.05, 3.63) is 58.1 Å². The van der Waals surface area contributed by atoms with Gasteiger partial charge in [0.2, 0.25) is 0 Å². The summed E-state index contributed by atoms with van der Waals surface area (Å²) in [5.41, 5.74) is 1.44. The van der Waals surface area contributed by atoms with Crippen molar-refractivity contribution in [2.24, 2.45) is 0 Å². The Morgan fingerprint density at radius 2 is 2.00 bits per heavy atom. The average molecular weight is 325 g/mol. The molecular weight excluding hydrogens is 311 g/mol. The summed E-state index contributed by atoms with van der Waals surface area (Å²) in [7, 11) is 1.57. The molecule has 21 heavy (non-hydrogen) atoms. The number of hydrogen-bond donors (Lipinski definition) is 2. The number of rotatable bonds is 4. The van der Waals surface area contributed by atoms with E-state index in [2.05, 4.69) is 10.6 Å². The van der Waals surface area contributed by atoms with Gasteiger partial charge in [-0.3, -0.25) is 0 Å². The predicted molar refractivity (Wildman–Crippen MR) is 85.3 cm³/mol. The molecular formula is C15H14Cl2N2O2. The van der Waals surface area contributed by atoms with Gasteiger partial charge in [-0.1, -0.05) is 35.3 Å². The lowest BCUT2D eigenvalue weighted by atomic mass is 10.2. The van der Waals surface area contributed by atoms with Crippen molar-refractivity contribution in [2.45, 2.75) is 6.54 Å². The van der Waals surface area contributed by atoms with E-state index in [9.17, 15) is 4.79 Å². The summed E-state index contributed by atoms with van der Waals surface area (Å²) in [5.74, 6) is 0.675. The predicted octanol–water partition coefficient (Wildman–Crippen LogP) is 4.32. The summed E-state index contributed by atoms with van der Waals surface area (Å²) >= 11 is 11.9. The molecule has 110 valence electrons. The van der Waals surface area contributed by atoms with Crippen LogP contribution < -0.4 is 15.4 Å². The van der Waals surface area contributed by atoms with Crippen LogP contribution in [0.2, 0.25) is 10.0 Å². The maximum atomic E-state index is 11.8. The van der Waals surface area contributed by atoms with E-state index in [0.29, 0.717) is 28.0 Å². The fraction of sp³-hybridized carbons (Fsp3) is 0.133. The molecule has 0 fully saturated rings. The molecule has 2 aromatic rings. The Morgan fingerprint density at radius 1 is 1.19 bits per heavy atom. The van der Waals surface area contributed by atoms with E-state index >= 15 is 0 Å². The standard InChI is InChI=1S/C15H14Cl2N2O2/c1-21-13-4-2-3-12(8-13)19-15(20)18-9-10-5-6-11(16)7-14(10)17/h2-8H,9H2,1H3,(H2,18,19,20). The van der Waals surface area contributed by atoms with Gasteiger partial charge < -0.3 is 15.4 Å². The summed E-state index contributed by atoms with van der Waals surface area (Å²) in [6.07, 6.45) is 0. The third-order valence-electron chi connectivity index (χ3n) is 2.78. The van der Waals surface area contributed by atoms with Crippen LogP contribution in [0.3, 0.4) is 0 Å². The van der Waals surface area contributed by atoms with Crippen molar-refractivity contribution in [3.8, 4) is 5.75 Å². The first-order valence-corrected chi connectivity index (χ1v) is 6.97. The molecule has 0 aliphatic heterocycles. The molecule has 2 aromatic carbocycles. The van der Waals surface area contributed by atoms with Crippen molar-refractivity contribution >= 4 is 34.9 Å². The fourth-order valence-electron chi connectivity index (χ4n) is 1.72.